The molecule has 0 unspecified atom stereocenters. The molecular weight excluding hydrogens is 404 g/mol. The highest BCUT2D eigenvalue weighted by atomic mass is 16.5. The topological polar surface area (TPSA) is 80.9 Å². The first-order valence-electron chi connectivity index (χ1n) is 10.6. The summed E-state index contributed by atoms with van der Waals surface area (Å²) < 4.78 is 10.2. The lowest BCUT2D eigenvalue weighted by Crippen LogP contribution is -2.20. The highest BCUT2D eigenvalue weighted by Gasteiger charge is 2.44. The predicted octanol–water partition coefficient (Wildman–Crippen LogP) is 5.05. The molecule has 1 saturated carbocycles. The zero-order valence-corrected chi connectivity index (χ0v) is 18.4. The summed E-state index contributed by atoms with van der Waals surface area (Å²) in [6, 6.07) is 18.5. The summed E-state index contributed by atoms with van der Waals surface area (Å²) in [4.78, 5) is 24.3. The van der Waals surface area contributed by atoms with Gasteiger partial charge in [-0.3, -0.25) is 4.79 Å². The molecule has 3 aromatic rings. The third-order valence-electron chi connectivity index (χ3n) is 5.53. The van der Waals surface area contributed by atoms with E-state index in [4.69, 9.17) is 9.15 Å². The quantitative estimate of drug-likeness (QED) is 0.257. The molecule has 1 N–H and O–H groups in total. The molecule has 1 heterocycles. The summed E-state index contributed by atoms with van der Waals surface area (Å²) >= 11 is 0. The smallest absolute Gasteiger partial charge is 0.379 e. The molecule has 1 aromatic heterocycles. The third kappa shape index (κ3) is 5.14. The van der Waals surface area contributed by atoms with Gasteiger partial charge in [0.1, 0.15) is 5.75 Å². The summed E-state index contributed by atoms with van der Waals surface area (Å²) in [6.07, 6.45) is 3.81. The molecule has 0 saturated heterocycles. The van der Waals surface area contributed by atoms with E-state index >= 15 is 0 Å². The Hall–Kier alpha value is -3.67. The van der Waals surface area contributed by atoms with E-state index in [-0.39, 0.29) is 28.9 Å². The van der Waals surface area contributed by atoms with Crippen molar-refractivity contribution in [2.24, 2.45) is 11.0 Å². The Bertz CT molecular complexity index is 1110. The van der Waals surface area contributed by atoms with Gasteiger partial charge in [0.25, 0.3) is 0 Å². The number of esters is 1. The number of hydrogen-bond donors (Lipinski definition) is 1. The number of amides is 1. The number of hydrogen-bond acceptors (Lipinski definition) is 5. The number of hydrazone groups is 1. The van der Waals surface area contributed by atoms with E-state index in [1.807, 2.05) is 0 Å². The van der Waals surface area contributed by atoms with Crippen LogP contribution in [0.2, 0.25) is 0 Å². The molecule has 2 atom stereocenters. The summed E-state index contributed by atoms with van der Waals surface area (Å²) in [7, 11) is 0. The van der Waals surface area contributed by atoms with Crippen molar-refractivity contribution in [1.29, 1.82) is 0 Å². The number of nitrogens with zero attached hydrogens (tertiary/aromatic N) is 1. The van der Waals surface area contributed by atoms with Crippen molar-refractivity contribution in [2.75, 3.05) is 0 Å². The molecule has 0 aliphatic heterocycles. The van der Waals surface area contributed by atoms with Crippen molar-refractivity contribution in [2.45, 2.75) is 38.5 Å². The van der Waals surface area contributed by atoms with Crippen LogP contribution in [0.15, 0.2) is 76.4 Å². The molecule has 1 fully saturated rings. The molecule has 1 aliphatic rings. The van der Waals surface area contributed by atoms with Crippen LogP contribution in [0.1, 0.15) is 60.4 Å². The average molecular weight is 431 g/mol. The van der Waals surface area contributed by atoms with Crippen LogP contribution in [-0.4, -0.2) is 18.1 Å². The van der Waals surface area contributed by atoms with Gasteiger partial charge in [0.2, 0.25) is 11.7 Å². The summed E-state index contributed by atoms with van der Waals surface area (Å²) in [5.74, 6) is 0.108. The first-order valence-corrected chi connectivity index (χ1v) is 10.6. The first-order chi connectivity index (χ1) is 15.3. The molecule has 0 bridgehead atoms. The Balaban J connectivity index is 1.26. The Morgan fingerprint density at radius 1 is 1.06 bits per heavy atom. The van der Waals surface area contributed by atoms with E-state index in [0.717, 1.165) is 12.0 Å². The Morgan fingerprint density at radius 3 is 2.41 bits per heavy atom. The minimum Gasteiger partial charge on any atom is -0.457 e. The van der Waals surface area contributed by atoms with Gasteiger partial charge in [-0.05, 0) is 70.8 Å². The van der Waals surface area contributed by atoms with Crippen LogP contribution in [0.3, 0.4) is 0 Å². The Kier molecular flexibility index (Phi) is 5.95. The molecule has 4 rings (SSSR count). The number of carbonyl (C=O) groups excluding carboxylic acids is 2. The van der Waals surface area contributed by atoms with Crippen LogP contribution in [0.25, 0.3) is 0 Å². The molecular formula is C26H26N2O4. The van der Waals surface area contributed by atoms with Gasteiger partial charge >= 0.3 is 5.97 Å². The lowest BCUT2D eigenvalue weighted by atomic mass is 9.86. The number of ether oxygens (including phenoxy) is 1. The van der Waals surface area contributed by atoms with Gasteiger partial charge in [0.15, 0.2) is 0 Å². The summed E-state index contributed by atoms with van der Waals surface area (Å²) in [5, 5.41) is 4.06. The molecule has 0 radical (unpaired) electrons. The van der Waals surface area contributed by atoms with E-state index in [1.54, 1.807) is 36.5 Å². The molecule has 164 valence electrons. The molecule has 32 heavy (non-hydrogen) atoms. The Morgan fingerprint density at radius 2 is 1.78 bits per heavy atom. The molecule has 1 aliphatic carbocycles. The van der Waals surface area contributed by atoms with Crippen LogP contribution < -0.4 is 10.2 Å². The lowest BCUT2D eigenvalue weighted by molar-refractivity contribution is -0.122. The maximum atomic E-state index is 12.4. The van der Waals surface area contributed by atoms with Crippen molar-refractivity contribution >= 4 is 18.1 Å². The van der Waals surface area contributed by atoms with Crippen LogP contribution in [0.4, 0.5) is 0 Å². The zero-order valence-electron chi connectivity index (χ0n) is 18.4. The van der Waals surface area contributed by atoms with Gasteiger partial charge < -0.3 is 9.15 Å². The maximum absolute atomic E-state index is 12.4. The van der Waals surface area contributed by atoms with Gasteiger partial charge in [-0.15, -0.1) is 0 Å². The van der Waals surface area contributed by atoms with Crippen LogP contribution in [-0.2, 0) is 10.2 Å². The molecule has 6 heteroatoms. The van der Waals surface area contributed by atoms with Crippen molar-refractivity contribution in [1.82, 2.24) is 5.43 Å². The predicted molar refractivity (Wildman–Crippen MR) is 122 cm³/mol. The van der Waals surface area contributed by atoms with E-state index in [9.17, 15) is 9.59 Å². The Labute approximate surface area is 187 Å². The van der Waals surface area contributed by atoms with Gasteiger partial charge in [0, 0.05) is 5.92 Å². The molecule has 6 nitrogen and oxygen atoms in total. The summed E-state index contributed by atoms with van der Waals surface area (Å²) in [5.41, 5.74) is 6.00. The largest absolute Gasteiger partial charge is 0.457 e. The second kappa shape index (κ2) is 8.83. The number of furan rings is 1. The van der Waals surface area contributed by atoms with Gasteiger partial charge in [-0.2, -0.15) is 5.10 Å². The molecule has 2 aromatic carbocycles. The van der Waals surface area contributed by atoms with Crippen molar-refractivity contribution in [3.05, 3.63) is 89.4 Å². The fourth-order valence-electron chi connectivity index (χ4n) is 3.51. The SMILES string of the molecule is CC(C)(C)c1ccc([C@H]2C[C@@H]2C(=O)N/N=C/c2ccc(OC(=O)c3ccco3)cc2)cc1. The van der Waals surface area contributed by atoms with Gasteiger partial charge in [0.05, 0.1) is 12.5 Å². The van der Waals surface area contributed by atoms with E-state index in [2.05, 4.69) is 55.6 Å². The number of carbonyl (C=O) groups is 2. The van der Waals surface area contributed by atoms with Crippen LogP contribution >= 0.6 is 0 Å². The van der Waals surface area contributed by atoms with Crippen LogP contribution in [0, 0.1) is 5.92 Å². The fraction of sp³-hybridized carbons (Fsp3) is 0.269. The van der Waals surface area contributed by atoms with Crippen LogP contribution in [0.5, 0.6) is 5.75 Å². The minimum atomic E-state index is -0.560. The highest BCUT2D eigenvalue weighted by molar-refractivity contribution is 5.88. The number of benzene rings is 2. The number of rotatable bonds is 6. The lowest BCUT2D eigenvalue weighted by Gasteiger charge is -2.19. The molecule has 1 amide bonds. The van der Waals surface area contributed by atoms with Crippen molar-refractivity contribution in [3.8, 4) is 5.75 Å². The molecule has 0 spiro atoms. The highest BCUT2D eigenvalue weighted by Crippen LogP contribution is 2.47. The van der Waals surface area contributed by atoms with Gasteiger partial charge in [-0.25, -0.2) is 10.2 Å². The maximum Gasteiger partial charge on any atom is 0.379 e. The van der Waals surface area contributed by atoms with Gasteiger partial charge in [-0.1, -0.05) is 45.0 Å². The average Bonchev–Trinajstić information content (AvgIpc) is 3.38. The number of nitrogens with one attached hydrogen (secondary N) is 1. The van der Waals surface area contributed by atoms with E-state index in [1.165, 1.54) is 23.5 Å². The second-order valence-electron chi connectivity index (χ2n) is 8.99. The summed E-state index contributed by atoms with van der Waals surface area (Å²) in [6.45, 7) is 6.57. The van der Waals surface area contributed by atoms with E-state index in [0.29, 0.717) is 5.75 Å². The third-order valence-corrected chi connectivity index (χ3v) is 5.53. The zero-order chi connectivity index (χ0) is 22.7. The monoisotopic (exact) mass is 430 g/mol. The van der Waals surface area contributed by atoms with E-state index < -0.39 is 5.97 Å². The minimum absolute atomic E-state index is 0.0453. The first kappa shape index (κ1) is 21.6. The standard InChI is InChI=1S/C26H26N2O4/c1-26(2,3)19-10-8-18(9-11-19)21-15-22(21)24(29)28-27-16-17-6-12-20(13-7-17)32-25(30)23-5-4-14-31-23/h4-14,16,21-22H,15H2,1-3H3,(H,28,29)/b27-16+/t21-,22+/m1/s1. The second-order valence-corrected chi connectivity index (χ2v) is 8.99. The normalized spacial score (nSPS) is 17.8. The fourth-order valence-corrected chi connectivity index (χ4v) is 3.51. The van der Waals surface area contributed by atoms with Crippen molar-refractivity contribution < 1.29 is 18.7 Å². The van der Waals surface area contributed by atoms with Crippen molar-refractivity contribution in [3.63, 3.8) is 0 Å².